The molecular formula is C18H22ClN3O2. The molecule has 1 aliphatic heterocycles. The predicted molar refractivity (Wildman–Crippen MR) is 99.2 cm³/mol. The number of anilines is 2. The molecule has 2 aromatic carbocycles. The average Bonchev–Trinajstić information content (AvgIpc) is 2.77. The quantitative estimate of drug-likeness (QED) is 0.892. The van der Waals surface area contributed by atoms with E-state index in [1.54, 1.807) is 7.11 Å². The molecule has 1 heterocycles. The average molecular weight is 348 g/mol. The number of amides is 1. The van der Waals surface area contributed by atoms with Gasteiger partial charge in [0.2, 0.25) is 5.91 Å². The van der Waals surface area contributed by atoms with Crippen molar-refractivity contribution in [2.45, 2.75) is 6.54 Å². The lowest BCUT2D eigenvalue weighted by Gasteiger charge is -2.24. The Kier molecular flexibility index (Phi) is 6.46. The first-order valence-corrected chi connectivity index (χ1v) is 7.74. The number of hydrogen-bond donors (Lipinski definition) is 2. The van der Waals surface area contributed by atoms with E-state index in [9.17, 15) is 4.79 Å². The molecule has 2 N–H and O–H groups in total. The molecule has 0 aromatic heterocycles. The molecule has 0 atom stereocenters. The Balaban J connectivity index is 0.00000208. The molecule has 0 bridgehead atoms. The fourth-order valence-electron chi connectivity index (χ4n) is 2.77. The summed E-state index contributed by atoms with van der Waals surface area (Å²) in [6.45, 7) is 2.84. The Bertz CT molecular complexity index is 693. The van der Waals surface area contributed by atoms with Crippen LogP contribution in [-0.2, 0) is 11.3 Å². The SMILES string of the molecule is COc1cccc(NC(=O)CN2CCNCc3ccccc32)c1.Cl. The number of para-hydroxylation sites is 1. The summed E-state index contributed by atoms with van der Waals surface area (Å²) in [5, 5.41) is 6.32. The standard InChI is InChI=1S/C18H21N3O2.ClH/c1-23-16-7-4-6-15(11-16)20-18(22)13-21-10-9-19-12-14-5-2-3-8-17(14)21;/h2-8,11,19H,9-10,12-13H2,1H3,(H,20,22);1H. The van der Waals surface area contributed by atoms with Crippen molar-refractivity contribution in [3.8, 4) is 5.75 Å². The van der Waals surface area contributed by atoms with E-state index in [0.717, 1.165) is 36.8 Å². The van der Waals surface area contributed by atoms with E-state index in [-0.39, 0.29) is 18.3 Å². The van der Waals surface area contributed by atoms with Gasteiger partial charge in [-0.15, -0.1) is 12.4 Å². The van der Waals surface area contributed by atoms with Crippen LogP contribution in [0.1, 0.15) is 5.56 Å². The van der Waals surface area contributed by atoms with Gasteiger partial charge in [-0.1, -0.05) is 24.3 Å². The predicted octanol–water partition coefficient (Wildman–Crippen LogP) is 2.67. The summed E-state index contributed by atoms with van der Waals surface area (Å²) < 4.78 is 5.18. The highest BCUT2D eigenvalue weighted by atomic mass is 35.5. The second kappa shape index (κ2) is 8.57. The van der Waals surface area contributed by atoms with Gasteiger partial charge in [-0.25, -0.2) is 0 Å². The fourth-order valence-corrected chi connectivity index (χ4v) is 2.77. The van der Waals surface area contributed by atoms with Crippen molar-refractivity contribution >= 4 is 29.7 Å². The molecule has 6 heteroatoms. The largest absolute Gasteiger partial charge is 0.497 e. The fraction of sp³-hybridized carbons (Fsp3) is 0.278. The van der Waals surface area contributed by atoms with E-state index in [1.807, 2.05) is 36.4 Å². The van der Waals surface area contributed by atoms with E-state index in [2.05, 4.69) is 27.7 Å². The first-order valence-electron chi connectivity index (χ1n) is 7.74. The van der Waals surface area contributed by atoms with Crippen molar-refractivity contribution < 1.29 is 9.53 Å². The van der Waals surface area contributed by atoms with E-state index in [1.165, 1.54) is 5.56 Å². The molecular weight excluding hydrogens is 326 g/mol. The maximum absolute atomic E-state index is 12.4. The van der Waals surface area contributed by atoms with Crippen LogP contribution in [0.15, 0.2) is 48.5 Å². The molecule has 0 unspecified atom stereocenters. The van der Waals surface area contributed by atoms with Gasteiger partial charge in [0.1, 0.15) is 5.75 Å². The van der Waals surface area contributed by atoms with Gasteiger partial charge in [0, 0.05) is 37.1 Å². The van der Waals surface area contributed by atoms with Crippen LogP contribution in [0.5, 0.6) is 5.75 Å². The Morgan fingerprint density at radius 3 is 2.92 bits per heavy atom. The lowest BCUT2D eigenvalue weighted by Crippen LogP contribution is -2.36. The lowest BCUT2D eigenvalue weighted by atomic mass is 10.1. The number of fused-ring (bicyclic) bond motifs is 1. The van der Waals surface area contributed by atoms with Crippen molar-refractivity contribution in [1.82, 2.24) is 5.32 Å². The van der Waals surface area contributed by atoms with Crippen LogP contribution < -0.4 is 20.3 Å². The molecule has 5 nitrogen and oxygen atoms in total. The zero-order valence-electron chi connectivity index (χ0n) is 13.6. The van der Waals surface area contributed by atoms with Crippen LogP contribution >= 0.6 is 12.4 Å². The summed E-state index contributed by atoms with van der Waals surface area (Å²) in [5.74, 6) is 0.696. The van der Waals surface area contributed by atoms with Gasteiger partial charge in [0.25, 0.3) is 0 Å². The lowest BCUT2D eigenvalue weighted by molar-refractivity contribution is -0.115. The second-order valence-corrected chi connectivity index (χ2v) is 5.51. The number of hydrogen-bond acceptors (Lipinski definition) is 4. The molecule has 2 aromatic rings. The van der Waals surface area contributed by atoms with Crippen LogP contribution in [0.3, 0.4) is 0 Å². The number of carbonyl (C=O) groups excluding carboxylic acids is 1. The molecule has 1 aliphatic rings. The Hall–Kier alpha value is -2.24. The van der Waals surface area contributed by atoms with Gasteiger partial charge >= 0.3 is 0 Å². The Morgan fingerprint density at radius 1 is 1.25 bits per heavy atom. The third kappa shape index (κ3) is 4.40. The van der Waals surface area contributed by atoms with Gasteiger partial charge in [-0.05, 0) is 23.8 Å². The number of rotatable bonds is 4. The highest BCUT2D eigenvalue weighted by Crippen LogP contribution is 2.22. The number of methoxy groups -OCH3 is 1. The first kappa shape index (κ1) is 18.1. The summed E-state index contributed by atoms with van der Waals surface area (Å²) in [6, 6.07) is 15.6. The van der Waals surface area contributed by atoms with Crippen LogP contribution in [0.4, 0.5) is 11.4 Å². The molecule has 0 aliphatic carbocycles. The van der Waals surface area contributed by atoms with E-state index in [0.29, 0.717) is 6.54 Å². The van der Waals surface area contributed by atoms with E-state index >= 15 is 0 Å². The summed E-state index contributed by atoms with van der Waals surface area (Å²) >= 11 is 0. The van der Waals surface area contributed by atoms with Gasteiger partial charge < -0.3 is 20.3 Å². The third-order valence-corrected chi connectivity index (χ3v) is 3.89. The van der Waals surface area contributed by atoms with Crippen molar-refractivity contribution in [2.75, 3.05) is 37.0 Å². The summed E-state index contributed by atoms with van der Waals surface area (Å²) in [4.78, 5) is 14.5. The molecule has 0 spiro atoms. The summed E-state index contributed by atoms with van der Waals surface area (Å²) in [6.07, 6.45) is 0. The van der Waals surface area contributed by atoms with Gasteiger partial charge in [-0.3, -0.25) is 4.79 Å². The number of carbonyl (C=O) groups is 1. The highest BCUT2D eigenvalue weighted by molar-refractivity contribution is 5.94. The molecule has 0 saturated carbocycles. The molecule has 3 rings (SSSR count). The third-order valence-electron chi connectivity index (χ3n) is 3.89. The van der Waals surface area contributed by atoms with Crippen molar-refractivity contribution in [1.29, 1.82) is 0 Å². The maximum atomic E-state index is 12.4. The van der Waals surface area contributed by atoms with E-state index < -0.39 is 0 Å². The first-order chi connectivity index (χ1) is 11.3. The van der Waals surface area contributed by atoms with Crippen LogP contribution in [0.25, 0.3) is 0 Å². The van der Waals surface area contributed by atoms with Crippen molar-refractivity contribution in [2.24, 2.45) is 0 Å². The van der Waals surface area contributed by atoms with Gasteiger partial charge in [0.15, 0.2) is 0 Å². The smallest absolute Gasteiger partial charge is 0.243 e. The minimum Gasteiger partial charge on any atom is -0.497 e. The minimum atomic E-state index is -0.0324. The van der Waals surface area contributed by atoms with E-state index in [4.69, 9.17) is 4.74 Å². The molecule has 0 radical (unpaired) electrons. The number of benzene rings is 2. The summed E-state index contributed by atoms with van der Waals surface area (Å²) in [5.41, 5.74) is 3.09. The van der Waals surface area contributed by atoms with Crippen molar-refractivity contribution in [3.05, 3.63) is 54.1 Å². The topological polar surface area (TPSA) is 53.6 Å². The molecule has 0 saturated heterocycles. The number of nitrogens with one attached hydrogen (secondary N) is 2. The number of ether oxygens (including phenoxy) is 1. The van der Waals surface area contributed by atoms with Crippen LogP contribution in [-0.4, -0.2) is 32.7 Å². The number of nitrogens with zero attached hydrogens (tertiary/aromatic N) is 1. The van der Waals surface area contributed by atoms with Crippen molar-refractivity contribution in [3.63, 3.8) is 0 Å². The second-order valence-electron chi connectivity index (χ2n) is 5.51. The zero-order chi connectivity index (χ0) is 16.1. The summed E-state index contributed by atoms with van der Waals surface area (Å²) in [7, 11) is 1.61. The maximum Gasteiger partial charge on any atom is 0.243 e. The monoisotopic (exact) mass is 347 g/mol. The van der Waals surface area contributed by atoms with Crippen LogP contribution in [0, 0.1) is 0 Å². The van der Waals surface area contributed by atoms with Gasteiger partial charge in [-0.2, -0.15) is 0 Å². The molecule has 128 valence electrons. The zero-order valence-corrected chi connectivity index (χ0v) is 14.4. The number of halogens is 1. The molecule has 1 amide bonds. The van der Waals surface area contributed by atoms with Gasteiger partial charge in [0.05, 0.1) is 13.7 Å². The van der Waals surface area contributed by atoms with Crippen LogP contribution in [0.2, 0.25) is 0 Å². The highest BCUT2D eigenvalue weighted by Gasteiger charge is 2.17. The Morgan fingerprint density at radius 2 is 2.08 bits per heavy atom. The normalized spacial score (nSPS) is 13.3. The minimum absolute atomic E-state index is 0. The molecule has 24 heavy (non-hydrogen) atoms. The molecule has 0 fully saturated rings. The Labute approximate surface area is 148 Å².